The fourth-order valence-electron chi connectivity index (χ4n) is 2.97. The summed E-state index contributed by atoms with van der Waals surface area (Å²) in [5.74, 6) is 0.366. The van der Waals surface area contributed by atoms with Crippen LogP contribution in [0.5, 0.6) is 0 Å². The predicted molar refractivity (Wildman–Crippen MR) is 117 cm³/mol. The van der Waals surface area contributed by atoms with Crippen molar-refractivity contribution in [1.29, 1.82) is 0 Å². The number of carbonyl (C=O) groups excluding carboxylic acids is 1. The second-order valence-corrected chi connectivity index (χ2v) is 8.56. The number of aromatic nitrogens is 2. The van der Waals surface area contributed by atoms with Crippen LogP contribution in [0.4, 0.5) is 0 Å². The molecule has 7 heteroatoms. The topological polar surface area (TPSA) is 64.0 Å². The third-order valence-electron chi connectivity index (χ3n) is 4.33. The summed E-state index contributed by atoms with van der Waals surface area (Å²) in [6.45, 7) is 8.25. The molecule has 0 radical (unpaired) electrons. The lowest BCUT2D eigenvalue weighted by atomic mass is 9.96. The van der Waals surface area contributed by atoms with E-state index in [0.717, 1.165) is 5.56 Å². The van der Waals surface area contributed by atoms with Crippen LogP contribution in [0.1, 0.15) is 25.5 Å². The largest absolute Gasteiger partial charge is 0.348 e. The zero-order valence-electron chi connectivity index (χ0n) is 15.9. The second-order valence-electron chi connectivity index (χ2n) is 6.73. The number of nitrogens with one attached hydrogen (secondary N) is 1. The van der Waals surface area contributed by atoms with Gasteiger partial charge < -0.3 is 5.32 Å². The molecule has 1 unspecified atom stereocenters. The Hall–Kier alpha value is -2.38. The summed E-state index contributed by atoms with van der Waals surface area (Å²) in [7, 11) is 0. The molecule has 2 heterocycles. The standard InChI is InChI=1S/C21H23N3O2S2/c1-4-11-24-20(26)16-10-12-27-19(16)23-21(24)28-13-17(25)22-18(14(2)3)15-8-6-5-7-9-15/h4-10,12,14,18H,1,11,13H2,2-3H3,(H,22,25). The minimum atomic E-state index is -0.0987. The summed E-state index contributed by atoms with van der Waals surface area (Å²) < 4.78 is 1.57. The fourth-order valence-corrected chi connectivity index (χ4v) is 4.60. The highest BCUT2D eigenvalue weighted by molar-refractivity contribution is 7.99. The van der Waals surface area contributed by atoms with Crippen LogP contribution < -0.4 is 10.9 Å². The zero-order valence-corrected chi connectivity index (χ0v) is 17.6. The van der Waals surface area contributed by atoms with E-state index in [2.05, 4.69) is 30.7 Å². The Bertz CT molecular complexity index is 1030. The summed E-state index contributed by atoms with van der Waals surface area (Å²) in [6.07, 6.45) is 1.66. The van der Waals surface area contributed by atoms with Gasteiger partial charge in [0.2, 0.25) is 5.91 Å². The molecule has 3 rings (SSSR count). The van der Waals surface area contributed by atoms with Crippen LogP contribution in [-0.4, -0.2) is 21.2 Å². The van der Waals surface area contributed by atoms with Crippen molar-refractivity contribution in [1.82, 2.24) is 14.9 Å². The smallest absolute Gasteiger partial charge is 0.263 e. The summed E-state index contributed by atoms with van der Waals surface area (Å²) in [5.41, 5.74) is 0.982. The molecule has 5 nitrogen and oxygen atoms in total. The molecule has 0 saturated heterocycles. The van der Waals surface area contributed by atoms with Gasteiger partial charge in [0.1, 0.15) is 4.83 Å². The van der Waals surface area contributed by atoms with Gasteiger partial charge in [0.05, 0.1) is 17.2 Å². The molecule has 1 aromatic carbocycles. The van der Waals surface area contributed by atoms with Gasteiger partial charge in [-0.05, 0) is 22.9 Å². The fraction of sp³-hybridized carbons (Fsp3) is 0.286. The number of rotatable bonds is 8. The Labute approximate surface area is 172 Å². The minimum absolute atomic E-state index is 0.0580. The third-order valence-corrected chi connectivity index (χ3v) is 6.12. The molecule has 2 aromatic heterocycles. The molecule has 0 aliphatic heterocycles. The van der Waals surface area contributed by atoms with Crippen molar-refractivity contribution in [2.45, 2.75) is 31.6 Å². The number of thiophene rings is 1. The van der Waals surface area contributed by atoms with E-state index in [-0.39, 0.29) is 29.2 Å². The zero-order chi connectivity index (χ0) is 20.1. The van der Waals surface area contributed by atoms with Crippen LogP contribution in [0.15, 0.2) is 64.4 Å². The predicted octanol–water partition coefficient (Wildman–Crippen LogP) is 4.25. The van der Waals surface area contributed by atoms with Gasteiger partial charge in [0.25, 0.3) is 5.56 Å². The van der Waals surface area contributed by atoms with Crippen molar-refractivity contribution < 1.29 is 4.79 Å². The van der Waals surface area contributed by atoms with Gasteiger partial charge in [0, 0.05) is 6.54 Å². The van der Waals surface area contributed by atoms with Crippen molar-refractivity contribution >= 4 is 39.2 Å². The molecule has 1 amide bonds. The molecular formula is C21H23N3O2S2. The normalized spacial score (nSPS) is 12.2. The molecule has 3 aromatic rings. The maximum atomic E-state index is 12.7. The van der Waals surface area contributed by atoms with E-state index < -0.39 is 0 Å². The molecule has 146 valence electrons. The molecule has 0 fully saturated rings. The summed E-state index contributed by atoms with van der Waals surface area (Å²) in [6, 6.07) is 11.7. The summed E-state index contributed by atoms with van der Waals surface area (Å²) in [5, 5.41) is 6.10. The number of nitrogens with zero attached hydrogens (tertiary/aromatic N) is 2. The van der Waals surface area contributed by atoms with E-state index in [0.29, 0.717) is 21.9 Å². The van der Waals surface area contributed by atoms with Crippen LogP contribution in [0, 0.1) is 5.92 Å². The van der Waals surface area contributed by atoms with Gasteiger partial charge in [-0.2, -0.15) is 0 Å². The molecule has 1 atom stereocenters. The molecule has 0 bridgehead atoms. The van der Waals surface area contributed by atoms with E-state index in [4.69, 9.17) is 0 Å². The van der Waals surface area contributed by atoms with Crippen molar-refractivity contribution in [2.75, 3.05) is 5.75 Å². The van der Waals surface area contributed by atoms with Crippen LogP contribution >= 0.6 is 23.1 Å². The average Bonchev–Trinajstić information content (AvgIpc) is 3.16. The van der Waals surface area contributed by atoms with Gasteiger partial charge in [-0.25, -0.2) is 4.98 Å². The monoisotopic (exact) mass is 413 g/mol. The molecule has 1 N–H and O–H groups in total. The van der Waals surface area contributed by atoms with E-state index in [1.54, 1.807) is 16.7 Å². The van der Waals surface area contributed by atoms with Crippen molar-refractivity contribution in [2.24, 2.45) is 5.92 Å². The number of allylic oxidation sites excluding steroid dienone is 1. The highest BCUT2D eigenvalue weighted by Crippen LogP contribution is 2.23. The molecular weight excluding hydrogens is 390 g/mol. The van der Waals surface area contributed by atoms with Crippen molar-refractivity contribution in [3.8, 4) is 0 Å². The molecule has 0 aliphatic carbocycles. The van der Waals surface area contributed by atoms with Crippen LogP contribution in [0.25, 0.3) is 10.2 Å². The maximum Gasteiger partial charge on any atom is 0.263 e. The van der Waals surface area contributed by atoms with Crippen LogP contribution in [-0.2, 0) is 11.3 Å². The van der Waals surface area contributed by atoms with Crippen molar-refractivity contribution in [3.63, 3.8) is 0 Å². The van der Waals surface area contributed by atoms with E-state index in [9.17, 15) is 9.59 Å². The van der Waals surface area contributed by atoms with Crippen LogP contribution in [0.2, 0.25) is 0 Å². The molecule has 0 saturated carbocycles. The SMILES string of the molecule is C=CCn1c(SCC(=O)NC(c2ccccc2)C(C)C)nc2sccc2c1=O. The van der Waals surface area contributed by atoms with Gasteiger partial charge in [-0.15, -0.1) is 17.9 Å². The number of benzene rings is 1. The number of hydrogen-bond acceptors (Lipinski definition) is 5. The lowest BCUT2D eigenvalue weighted by Gasteiger charge is -2.23. The number of hydrogen-bond donors (Lipinski definition) is 1. The third kappa shape index (κ3) is 4.54. The van der Waals surface area contributed by atoms with E-state index in [1.807, 2.05) is 35.7 Å². The quantitative estimate of drug-likeness (QED) is 0.341. The Kier molecular flexibility index (Phi) is 6.70. The first-order valence-electron chi connectivity index (χ1n) is 9.07. The maximum absolute atomic E-state index is 12.7. The Morgan fingerprint density at radius 1 is 1.32 bits per heavy atom. The summed E-state index contributed by atoms with van der Waals surface area (Å²) in [4.78, 5) is 30.5. The van der Waals surface area contributed by atoms with Gasteiger partial charge in [-0.1, -0.05) is 62.0 Å². The molecule has 28 heavy (non-hydrogen) atoms. The lowest BCUT2D eigenvalue weighted by Crippen LogP contribution is -2.33. The second kappa shape index (κ2) is 9.21. The Balaban J connectivity index is 1.76. The molecule has 0 spiro atoms. The van der Waals surface area contributed by atoms with Crippen molar-refractivity contribution in [3.05, 3.63) is 70.4 Å². The van der Waals surface area contributed by atoms with Gasteiger partial charge >= 0.3 is 0 Å². The van der Waals surface area contributed by atoms with Gasteiger partial charge in [-0.3, -0.25) is 14.2 Å². The number of fused-ring (bicyclic) bond motifs is 1. The lowest BCUT2D eigenvalue weighted by molar-refractivity contribution is -0.119. The molecule has 0 aliphatic rings. The summed E-state index contributed by atoms with van der Waals surface area (Å²) >= 11 is 2.70. The van der Waals surface area contributed by atoms with E-state index in [1.165, 1.54) is 23.1 Å². The highest BCUT2D eigenvalue weighted by atomic mass is 32.2. The first-order valence-corrected chi connectivity index (χ1v) is 10.9. The van der Waals surface area contributed by atoms with Gasteiger partial charge in [0.15, 0.2) is 5.16 Å². The van der Waals surface area contributed by atoms with E-state index >= 15 is 0 Å². The Morgan fingerprint density at radius 3 is 2.75 bits per heavy atom. The Morgan fingerprint density at radius 2 is 2.07 bits per heavy atom. The first kappa shape index (κ1) is 20.4. The van der Waals surface area contributed by atoms with Crippen LogP contribution in [0.3, 0.4) is 0 Å². The minimum Gasteiger partial charge on any atom is -0.348 e. The average molecular weight is 414 g/mol. The highest BCUT2D eigenvalue weighted by Gasteiger charge is 2.19. The number of thioether (sulfide) groups is 1. The number of carbonyl (C=O) groups is 1. The first-order chi connectivity index (χ1) is 13.5. The number of amides is 1.